The fourth-order valence-corrected chi connectivity index (χ4v) is 1.10. The van der Waals surface area contributed by atoms with Crippen molar-refractivity contribution in [2.45, 2.75) is 20.3 Å². The number of rotatable bonds is 4. The lowest BCUT2D eigenvalue weighted by Crippen LogP contribution is -1.97. The summed E-state index contributed by atoms with van der Waals surface area (Å²) in [7, 11) is 0. The number of nitro benzene ring substituents is 1. The highest BCUT2D eigenvalue weighted by atomic mass is 16.6. The predicted octanol–water partition coefficient (Wildman–Crippen LogP) is 2.69. The molecule has 0 amide bonds. The molecule has 0 fully saturated rings. The number of nitro groups is 1. The van der Waals surface area contributed by atoms with Crippen LogP contribution in [0.3, 0.4) is 0 Å². The summed E-state index contributed by atoms with van der Waals surface area (Å²) in [5.41, 5.74) is 0.762. The summed E-state index contributed by atoms with van der Waals surface area (Å²) in [5.74, 6) is 0.559. The van der Waals surface area contributed by atoms with Crippen LogP contribution in [0.2, 0.25) is 0 Å². The Labute approximate surface area is 82.7 Å². The van der Waals surface area contributed by atoms with E-state index in [-0.39, 0.29) is 5.69 Å². The molecular formula is C10H13NO3. The van der Waals surface area contributed by atoms with Crippen LogP contribution < -0.4 is 4.74 Å². The normalized spacial score (nSPS) is 9.86. The SMILES string of the molecule is CCCOc1ccc(C)c([N+](=O)[O-])c1. The van der Waals surface area contributed by atoms with Crippen molar-refractivity contribution in [2.24, 2.45) is 0 Å². The molecule has 0 atom stereocenters. The molecule has 0 bridgehead atoms. The van der Waals surface area contributed by atoms with Gasteiger partial charge in [-0.25, -0.2) is 0 Å². The van der Waals surface area contributed by atoms with Gasteiger partial charge in [0.15, 0.2) is 0 Å². The van der Waals surface area contributed by atoms with Crippen LogP contribution in [0.15, 0.2) is 18.2 Å². The molecule has 1 aromatic rings. The number of nitrogens with zero attached hydrogens (tertiary/aromatic N) is 1. The van der Waals surface area contributed by atoms with Crippen LogP contribution in [0.1, 0.15) is 18.9 Å². The molecule has 0 N–H and O–H groups in total. The summed E-state index contributed by atoms with van der Waals surface area (Å²) in [6.07, 6.45) is 0.891. The van der Waals surface area contributed by atoms with Gasteiger partial charge in [0.25, 0.3) is 5.69 Å². The highest BCUT2D eigenvalue weighted by molar-refractivity contribution is 5.45. The summed E-state index contributed by atoms with van der Waals surface area (Å²) in [6, 6.07) is 4.91. The maximum atomic E-state index is 10.6. The van der Waals surface area contributed by atoms with Crippen molar-refractivity contribution in [1.82, 2.24) is 0 Å². The first-order valence-electron chi connectivity index (χ1n) is 4.53. The zero-order valence-electron chi connectivity index (χ0n) is 8.32. The van der Waals surface area contributed by atoms with Gasteiger partial charge in [-0.3, -0.25) is 10.1 Å². The average Bonchev–Trinajstić information content (AvgIpc) is 2.16. The Hall–Kier alpha value is -1.58. The molecule has 0 radical (unpaired) electrons. The zero-order chi connectivity index (χ0) is 10.6. The molecule has 0 unspecified atom stereocenters. The van der Waals surface area contributed by atoms with Gasteiger partial charge in [-0.15, -0.1) is 0 Å². The molecule has 1 aromatic carbocycles. The van der Waals surface area contributed by atoms with Crippen molar-refractivity contribution in [3.8, 4) is 5.75 Å². The Balaban J connectivity index is 2.89. The number of benzene rings is 1. The summed E-state index contributed by atoms with van der Waals surface area (Å²) < 4.78 is 5.30. The quantitative estimate of drug-likeness (QED) is 0.548. The third-order valence-corrected chi connectivity index (χ3v) is 1.85. The average molecular weight is 195 g/mol. The van der Waals surface area contributed by atoms with E-state index >= 15 is 0 Å². The minimum atomic E-state index is -0.395. The number of hydrogen-bond donors (Lipinski definition) is 0. The molecule has 0 saturated heterocycles. The number of aryl methyl sites for hydroxylation is 1. The third kappa shape index (κ3) is 2.45. The smallest absolute Gasteiger partial charge is 0.275 e. The lowest BCUT2D eigenvalue weighted by Gasteiger charge is -2.04. The molecule has 76 valence electrons. The number of ether oxygens (including phenoxy) is 1. The molecular weight excluding hydrogens is 182 g/mol. The lowest BCUT2D eigenvalue weighted by molar-refractivity contribution is -0.385. The molecule has 0 spiro atoms. The van der Waals surface area contributed by atoms with E-state index in [0.717, 1.165) is 6.42 Å². The first kappa shape index (κ1) is 10.5. The van der Waals surface area contributed by atoms with Crippen LogP contribution in [-0.2, 0) is 0 Å². The van der Waals surface area contributed by atoms with Gasteiger partial charge in [-0.2, -0.15) is 0 Å². The monoisotopic (exact) mass is 195 g/mol. The second kappa shape index (κ2) is 4.60. The van der Waals surface area contributed by atoms with E-state index in [1.807, 2.05) is 6.92 Å². The molecule has 0 aliphatic heterocycles. The Morgan fingerprint density at radius 3 is 2.79 bits per heavy atom. The van der Waals surface area contributed by atoms with E-state index in [0.29, 0.717) is 17.9 Å². The van der Waals surface area contributed by atoms with E-state index in [1.165, 1.54) is 6.07 Å². The maximum Gasteiger partial charge on any atom is 0.275 e. The van der Waals surface area contributed by atoms with Gasteiger partial charge in [0.1, 0.15) is 5.75 Å². The molecule has 0 aliphatic rings. The van der Waals surface area contributed by atoms with Crippen molar-refractivity contribution in [3.63, 3.8) is 0 Å². The van der Waals surface area contributed by atoms with Crippen LogP contribution in [0.5, 0.6) is 5.75 Å². The molecule has 14 heavy (non-hydrogen) atoms. The van der Waals surface area contributed by atoms with E-state index in [2.05, 4.69) is 0 Å². The van der Waals surface area contributed by atoms with Gasteiger partial charge >= 0.3 is 0 Å². The minimum Gasteiger partial charge on any atom is -0.493 e. The van der Waals surface area contributed by atoms with Crippen molar-refractivity contribution in [1.29, 1.82) is 0 Å². The maximum absolute atomic E-state index is 10.6. The van der Waals surface area contributed by atoms with Crippen LogP contribution >= 0.6 is 0 Å². The summed E-state index contributed by atoms with van der Waals surface area (Å²) in [4.78, 5) is 10.2. The van der Waals surface area contributed by atoms with Crippen LogP contribution in [0, 0.1) is 17.0 Å². The second-order valence-electron chi connectivity index (χ2n) is 3.05. The number of hydrogen-bond acceptors (Lipinski definition) is 3. The van der Waals surface area contributed by atoms with Crippen LogP contribution in [0.4, 0.5) is 5.69 Å². The molecule has 0 heterocycles. The standard InChI is InChI=1S/C10H13NO3/c1-3-6-14-9-5-4-8(2)10(7-9)11(12)13/h4-5,7H,3,6H2,1-2H3. The van der Waals surface area contributed by atoms with Crippen molar-refractivity contribution in [3.05, 3.63) is 33.9 Å². The largest absolute Gasteiger partial charge is 0.493 e. The topological polar surface area (TPSA) is 52.4 Å². The molecule has 0 aliphatic carbocycles. The molecule has 0 saturated carbocycles. The van der Waals surface area contributed by atoms with E-state index < -0.39 is 4.92 Å². The third-order valence-electron chi connectivity index (χ3n) is 1.85. The van der Waals surface area contributed by atoms with Gasteiger partial charge in [0.2, 0.25) is 0 Å². The molecule has 4 nitrogen and oxygen atoms in total. The van der Waals surface area contributed by atoms with Crippen molar-refractivity contribution in [2.75, 3.05) is 6.61 Å². The highest BCUT2D eigenvalue weighted by Crippen LogP contribution is 2.23. The highest BCUT2D eigenvalue weighted by Gasteiger charge is 2.10. The molecule has 0 aromatic heterocycles. The van der Waals surface area contributed by atoms with Crippen LogP contribution in [0.25, 0.3) is 0 Å². The first-order valence-corrected chi connectivity index (χ1v) is 4.53. The van der Waals surface area contributed by atoms with E-state index in [1.54, 1.807) is 19.1 Å². The van der Waals surface area contributed by atoms with Gasteiger partial charge in [0.05, 0.1) is 17.6 Å². The molecule has 4 heteroatoms. The fraction of sp³-hybridized carbons (Fsp3) is 0.400. The Morgan fingerprint density at radius 2 is 2.21 bits per heavy atom. The van der Waals surface area contributed by atoms with Crippen molar-refractivity contribution >= 4 is 5.69 Å². The summed E-state index contributed by atoms with van der Waals surface area (Å²) in [5, 5.41) is 10.6. The van der Waals surface area contributed by atoms with E-state index in [9.17, 15) is 10.1 Å². The second-order valence-corrected chi connectivity index (χ2v) is 3.05. The predicted molar refractivity (Wildman–Crippen MR) is 53.6 cm³/mol. The van der Waals surface area contributed by atoms with E-state index in [4.69, 9.17) is 4.74 Å². The summed E-state index contributed by atoms with van der Waals surface area (Å²) in [6.45, 7) is 4.28. The fourth-order valence-electron chi connectivity index (χ4n) is 1.10. The van der Waals surface area contributed by atoms with Crippen LogP contribution in [-0.4, -0.2) is 11.5 Å². The minimum absolute atomic E-state index is 0.110. The van der Waals surface area contributed by atoms with Gasteiger partial charge in [0, 0.05) is 5.56 Å². The first-order chi connectivity index (χ1) is 6.65. The molecule has 1 rings (SSSR count). The zero-order valence-corrected chi connectivity index (χ0v) is 8.32. The van der Waals surface area contributed by atoms with Gasteiger partial charge < -0.3 is 4.74 Å². The van der Waals surface area contributed by atoms with Gasteiger partial charge in [-0.1, -0.05) is 6.92 Å². The van der Waals surface area contributed by atoms with Gasteiger partial charge in [-0.05, 0) is 25.5 Å². The van der Waals surface area contributed by atoms with Crippen molar-refractivity contribution < 1.29 is 9.66 Å². The summed E-state index contributed by atoms with van der Waals surface area (Å²) >= 11 is 0. The Bertz CT molecular complexity index is 336. The Morgan fingerprint density at radius 1 is 1.50 bits per heavy atom. The lowest BCUT2D eigenvalue weighted by atomic mass is 10.2. The Kier molecular flexibility index (Phi) is 3.45.